The Hall–Kier alpha value is -0.0400. The largest absolute Gasteiger partial charge is 0.393 e. The van der Waals surface area contributed by atoms with Crippen molar-refractivity contribution >= 4 is 0 Å². The van der Waals surface area contributed by atoms with Crippen LogP contribution < -0.4 is 0 Å². The summed E-state index contributed by atoms with van der Waals surface area (Å²) < 4.78 is 0. The van der Waals surface area contributed by atoms with Crippen LogP contribution in [-0.2, 0) is 0 Å². The highest BCUT2D eigenvalue weighted by atomic mass is 16.3. The van der Waals surface area contributed by atoms with Gasteiger partial charge in [-0.25, -0.2) is 0 Å². The normalized spacial score (nSPS) is 58.7. The molecular formula is C15H26O. The van der Waals surface area contributed by atoms with Crippen LogP contribution in [-0.4, -0.2) is 11.2 Å². The molecule has 0 saturated heterocycles. The van der Waals surface area contributed by atoms with Gasteiger partial charge in [0.15, 0.2) is 0 Å². The molecule has 6 atom stereocenters. The first kappa shape index (κ1) is 11.1. The van der Waals surface area contributed by atoms with Crippen molar-refractivity contribution in [3.63, 3.8) is 0 Å². The summed E-state index contributed by atoms with van der Waals surface area (Å²) in [7, 11) is 0. The molecule has 0 aliphatic heterocycles. The van der Waals surface area contributed by atoms with Crippen molar-refractivity contribution in [2.24, 2.45) is 34.5 Å². The molecule has 1 nitrogen and oxygen atoms in total. The minimum absolute atomic E-state index is 0.0361. The molecule has 0 spiro atoms. The van der Waals surface area contributed by atoms with Gasteiger partial charge in [-0.3, -0.25) is 0 Å². The van der Waals surface area contributed by atoms with Gasteiger partial charge >= 0.3 is 0 Å². The van der Waals surface area contributed by atoms with Gasteiger partial charge in [0.2, 0.25) is 0 Å². The molecule has 1 N–H and O–H groups in total. The molecule has 0 radical (unpaired) electrons. The average molecular weight is 222 g/mol. The predicted octanol–water partition coefficient (Wildman–Crippen LogP) is 3.47. The SMILES string of the molecule is C[C@@H]1CC[C@@H](O)[C@]2(C)CCC3C([C@H]12)C3(C)C. The summed E-state index contributed by atoms with van der Waals surface area (Å²) in [5.41, 5.74) is 0.792. The zero-order valence-electron chi connectivity index (χ0n) is 11.2. The lowest BCUT2D eigenvalue weighted by Crippen LogP contribution is -2.49. The number of hydrogen-bond acceptors (Lipinski definition) is 1. The lowest BCUT2D eigenvalue weighted by atomic mass is 9.55. The summed E-state index contributed by atoms with van der Waals surface area (Å²) in [6.07, 6.45) is 4.85. The van der Waals surface area contributed by atoms with Crippen LogP contribution in [0.5, 0.6) is 0 Å². The molecule has 3 aliphatic carbocycles. The van der Waals surface area contributed by atoms with E-state index in [1.165, 1.54) is 19.3 Å². The summed E-state index contributed by atoms with van der Waals surface area (Å²) in [5, 5.41) is 10.4. The molecular weight excluding hydrogens is 196 g/mol. The number of hydrogen-bond donors (Lipinski definition) is 1. The number of fused-ring (bicyclic) bond motifs is 3. The second kappa shape index (κ2) is 3.04. The maximum Gasteiger partial charge on any atom is 0.0596 e. The maximum absolute atomic E-state index is 10.4. The van der Waals surface area contributed by atoms with Crippen LogP contribution in [0.15, 0.2) is 0 Å². The van der Waals surface area contributed by atoms with Gasteiger partial charge in [0, 0.05) is 0 Å². The highest BCUT2D eigenvalue weighted by molar-refractivity contribution is 5.16. The Balaban J connectivity index is 1.95. The van der Waals surface area contributed by atoms with E-state index in [2.05, 4.69) is 27.7 Å². The van der Waals surface area contributed by atoms with Crippen LogP contribution in [0.3, 0.4) is 0 Å². The first-order valence-electron chi connectivity index (χ1n) is 7.07. The molecule has 0 aromatic carbocycles. The van der Waals surface area contributed by atoms with Crippen molar-refractivity contribution in [2.45, 2.75) is 59.5 Å². The standard InChI is InChI=1S/C15H26O/c1-9-5-6-11(16)15(4)8-7-10-13(12(9)15)14(10,2)3/h9-13,16H,5-8H2,1-4H3/t9-,10?,11-,12+,13?,15+/m1/s1. The topological polar surface area (TPSA) is 20.2 Å². The van der Waals surface area contributed by atoms with Gasteiger partial charge < -0.3 is 5.11 Å². The van der Waals surface area contributed by atoms with Gasteiger partial charge in [-0.1, -0.05) is 27.7 Å². The molecule has 0 heterocycles. The first-order valence-corrected chi connectivity index (χ1v) is 7.07. The minimum atomic E-state index is -0.0361. The highest BCUT2D eigenvalue weighted by Crippen LogP contribution is 2.73. The van der Waals surface area contributed by atoms with Gasteiger partial charge in [-0.15, -0.1) is 0 Å². The second-order valence-corrected chi connectivity index (χ2v) is 7.59. The third-order valence-electron chi connectivity index (χ3n) is 6.55. The van der Waals surface area contributed by atoms with Gasteiger partial charge in [0.05, 0.1) is 6.10 Å². The molecule has 3 rings (SSSR count). The van der Waals surface area contributed by atoms with Crippen molar-refractivity contribution < 1.29 is 5.11 Å². The Bertz CT molecular complexity index is 309. The molecule has 3 saturated carbocycles. The molecule has 0 aromatic heterocycles. The molecule has 92 valence electrons. The zero-order valence-corrected chi connectivity index (χ0v) is 11.2. The molecule has 3 aliphatic rings. The monoisotopic (exact) mass is 222 g/mol. The third kappa shape index (κ3) is 1.16. The van der Waals surface area contributed by atoms with Gasteiger partial charge in [0.25, 0.3) is 0 Å². The third-order valence-corrected chi connectivity index (χ3v) is 6.55. The van der Waals surface area contributed by atoms with Crippen LogP contribution in [0.1, 0.15) is 53.4 Å². The highest BCUT2D eigenvalue weighted by Gasteiger charge is 2.68. The Labute approximate surface area is 99.6 Å². The minimum Gasteiger partial charge on any atom is -0.393 e. The van der Waals surface area contributed by atoms with E-state index in [-0.39, 0.29) is 11.5 Å². The molecule has 3 fully saturated rings. The number of aliphatic hydroxyl groups excluding tert-OH is 1. The summed E-state index contributed by atoms with van der Waals surface area (Å²) in [6.45, 7) is 9.68. The van der Waals surface area contributed by atoms with E-state index in [1.807, 2.05) is 0 Å². The van der Waals surface area contributed by atoms with Crippen molar-refractivity contribution in [3.8, 4) is 0 Å². The fourth-order valence-electron chi connectivity index (χ4n) is 5.42. The summed E-state index contributed by atoms with van der Waals surface area (Å²) in [5.74, 6) is 3.46. The fourth-order valence-corrected chi connectivity index (χ4v) is 5.42. The smallest absolute Gasteiger partial charge is 0.0596 e. The predicted molar refractivity (Wildman–Crippen MR) is 66.0 cm³/mol. The summed E-state index contributed by atoms with van der Waals surface area (Å²) >= 11 is 0. The van der Waals surface area contributed by atoms with Crippen LogP contribution in [0.4, 0.5) is 0 Å². The molecule has 0 amide bonds. The van der Waals surface area contributed by atoms with Gasteiger partial charge in [-0.05, 0) is 60.2 Å². The number of aliphatic hydroxyl groups is 1. The Morgan fingerprint density at radius 2 is 1.69 bits per heavy atom. The van der Waals surface area contributed by atoms with E-state index in [4.69, 9.17) is 0 Å². The van der Waals surface area contributed by atoms with E-state index in [9.17, 15) is 5.11 Å². The lowest BCUT2D eigenvalue weighted by Gasteiger charge is -2.51. The van der Waals surface area contributed by atoms with Crippen LogP contribution in [0, 0.1) is 34.5 Å². The Morgan fingerprint density at radius 1 is 1.00 bits per heavy atom. The van der Waals surface area contributed by atoms with E-state index >= 15 is 0 Å². The van der Waals surface area contributed by atoms with Gasteiger partial charge in [0.1, 0.15) is 0 Å². The van der Waals surface area contributed by atoms with Crippen LogP contribution >= 0.6 is 0 Å². The van der Waals surface area contributed by atoms with E-state index in [0.717, 1.165) is 30.1 Å². The van der Waals surface area contributed by atoms with E-state index in [1.54, 1.807) is 0 Å². The van der Waals surface area contributed by atoms with E-state index < -0.39 is 0 Å². The average Bonchev–Trinajstić information content (AvgIpc) is 2.76. The van der Waals surface area contributed by atoms with Crippen molar-refractivity contribution in [2.75, 3.05) is 0 Å². The molecule has 16 heavy (non-hydrogen) atoms. The number of rotatable bonds is 0. The van der Waals surface area contributed by atoms with Crippen molar-refractivity contribution in [1.29, 1.82) is 0 Å². The first-order chi connectivity index (χ1) is 7.39. The van der Waals surface area contributed by atoms with Crippen LogP contribution in [0.25, 0.3) is 0 Å². The van der Waals surface area contributed by atoms with Gasteiger partial charge in [-0.2, -0.15) is 0 Å². The molecule has 0 bridgehead atoms. The molecule has 2 unspecified atom stereocenters. The Kier molecular flexibility index (Phi) is 2.11. The second-order valence-electron chi connectivity index (χ2n) is 7.59. The summed E-state index contributed by atoms with van der Waals surface area (Å²) in [4.78, 5) is 0. The Morgan fingerprint density at radius 3 is 2.38 bits per heavy atom. The quantitative estimate of drug-likeness (QED) is 0.665. The van der Waals surface area contributed by atoms with Crippen molar-refractivity contribution in [3.05, 3.63) is 0 Å². The lowest BCUT2D eigenvalue weighted by molar-refractivity contribution is -0.0951. The zero-order chi connectivity index (χ0) is 11.7. The molecule has 0 aromatic rings. The van der Waals surface area contributed by atoms with Crippen LogP contribution in [0.2, 0.25) is 0 Å². The molecule has 1 heteroatoms. The van der Waals surface area contributed by atoms with Crippen molar-refractivity contribution in [1.82, 2.24) is 0 Å². The summed E-state index contributed by atoms with van der Waals surface area (Å²) in [6, 6.07) is 0. The fraction of sp³-hybridized carbons (Fsp3) is 1.00. The van der Waals surface area contributed by atoms with E-state index in [0.29, 0.717) is 5.41 Å². The maximum atomic E-state index is 10.4.